The van der Waals surface area contributed by atoms with Crippen LogP contribution in [-0.4, -0.2) is 13.7 Å². The largest absolute Gasteiger partial charge is 0.493 e. The molecule has 4 heteroatoms. The van der Waals surface area contributed by atoms with Gasteiger partial charge in [-0.05, 0) is 58.6 Å². The van der Waals surface area contributed by atoms with E-state index in [0.29, 0.717) is 6.61 Å². The second kappa shape index (κ2) is 8.08. The molecule has 0 unspecified atom stereocenters. The molecular formula is C18H22BrNO2. The number of halogens is 1. The third-order valence-corrected chi connectivity index (χ3v) is 3.96. The minimum atomic E-state index is 0.676. The first-order valence-electron chi connectivity index (χ1n) is 7.44. The highest BCUT2D eigenvalue weighted by Gasteiger charge is 2.11. The average Bonchev–Trinajstić information content (AvgIpc) is 2.52. The van der Waals surface area contributed by atoms with Crippen LogP contribution in [0, 0.1) is 6.92 Å². The average molecular weight is 364 g/mol. The summed E-state index contributed by atoms with van der Waals surface area (Å²) in [6, 6.07) is 12.3. The summed E-state index contributed by atoms with van der Waals surface area (Å²) in [7, 11) is 1.67. The van der Waals surface area contributed by atoms with Gasteiger partial charge in [0.05, 0.1) is 18.2 Å². The zero-order valence-electron chi connectivity index (χ0n) is 13.3. The van der Waals surface area contributed by atoms with Crippen molar-refractivity contribution in [3.8, 4) is 11.5 Å². The van der Waals surface area contributed by atoms with Crippen molar-refractivity contribution < 1.29 is 9.47 Å². The molecule has 22 heavy (non-hydrogen) atoms. The number of rotatable bonds is 7. The summed E-state index contributed by atoms with van der Waals surface area (Å²) in [5.74, 6) is 1.52. The maximum Gasteiger partial charge on any atom is 0.175 e. The molecule has 1 N–H and O–H groups in total. The van der Waals surface area contributed by atoms with Crippen molar-refractivity contribution in [1.29, 1.82) is 0 Å². The van der Waals surface area contributed by atoms with Crippen molar-refractivity contribution in [2.45, 2.75) is 26.8 Å². The zero-order chi connectivity index (χ0) is 15.9. The van der Waals surface area contributed by atoms with Crippen molar-refractivity contribution in [2.75, 3.05) is 19.0 Å². The van der Waals surface area contributed by atoms with Crippen molar-refractivity contribution >= 4 is 21.6 Å². The number of para-hydroxylation sites is 1. The maximum absolute atomic E-state index is 5.75. The maximum atomic E-state index is 5.75. The molecule has 0 bridgehead atoms. The van der Waals surface area contributed by atoms with E-state index in [1.807, 2.05) is 18.2 Å². The number of hydrogen-bond donors (Lipinski definition) is 1. The number of aryl methyl sites for hydroxylation is 1. The standard InChI is InChI=1S/C18H22BrNO2/c1-4-9-22-18-15(19)10-14(11-17(18)21-3)12-20-16-8-6-5-7-13(16)2/h5-8,10-11,20H,4,9,12H2,1-3H3. The Morgan fingerprint density at radius 3 is 2.64 bits per heavy atom. The number of methoxy groups -OCH3 is 1. The van der Waals surface area contributed by atoms with Gasteiger partial charge in [0.2, 0.25) is 0 Å². The van der Waals surface area contributed by atoms with Gasteiger partial charge in [0, 0.05) is 12.2 Å². The summed E-state index contributed by atoms with van der Waals surface area (Å²) in [5.41, 5.74) is 3.51. The lowest BCUT2D eigenvalue weighted by molar-refractivity contribution is 0.292. The van der Waals surface area contributed by atoms with Crippen LogP contribution in [0.15, 0.2) is 40.9 Å². The lowest BCUT2D eigenvalue weighted by Crippen LogP contribution is -2.03. The molecule has 0 aromatic heterocycles. The third-order valence-electron chi connectivity index (χ3n) is 3.37. The van der Waals surface area contributed by atoms with Gasteiger partial charge in [-0.3, -0.25) is 0 Å². The van der Waals surface area contributed by atoms with Gasteiger partial charge in [-0.25, -0.2) is 0 Å². The first kappa shape index (κ1) is 16.7. The molecule has 118 valence electrons. The Labute approximate surface area is 140 Å². The lowest BCUT2D eigenvalue weighted by atomic mass is 10.1. The third kappa shape index (κ3) is 4.17. The molecule has 0 fully saturated rings. The highest BCUT2D eigenvalue weighted by atomic mass is 79.9. The molecule has 3 nitrogen and oxygen atoms in total. The zero-order valence-corrected chi connectivity index (χ0v) is 14.9. The van der Waals surface area contributed by atoms with Gasteiger partial charge in [-0.2, -0.15) is 0 Å². The number of hydrogen-bond acceptors (Lipinski definition) is 3. The van der Waals surface area contributed by atoms with Gasteiger partial charge in [0.25, 0.3) is 0 Å². The Hall–Kier alpha value is -1.68. The van der Waals surface area contributed by atoms with Gasteiger partial charge in [-0.1, -0.05) is 25.1 Å². The quantitative estimate of drug-likeness (QED) is 0.736. The molecule has 2 aromatic carbocycles. The summed E-state index contributed by atoms with van der Waals surface area (Å²) in [6.45, 7) is 5.59. The van der Waals surface area contributed by atoms with Crippen molar-refractivity contribution in [3.63, 3.8) is 0 Å². The van der Waals surface area contributed by atoms with Crippen LogP contribution in [0.4, 0.5) is 5.69 Å². The Morgan fingerprint density at radius 1 is 1.18 bits per heavy atom. The van der Waals surface area contributed by atoms with Gasteiger partial charge in [0.1, 0.15) is 0 Å². The monoisotopic (exact) mass is 363 g/mol. The summed E-state index contributed by atoms with van der Waals surface area (Å²) < 4.78 is 12.1. The second-order valence-corrected chi connectivity index (χ2v) is 5.98. The van der Waals surface area contributed by atoms with Crippen molar-refractivity contribution in [3.05, 3.63) is 52.0 Å². The van der Waals surface area contributed by atoms with E-state index in [9.17, 15) is 0 Å². The molecule has 0 spiro atoms. The molecule has 0 saturated carbocycles. The van der Waals surface area contributed by atoms with E-state index in [2.05, 4.69) is 53.3 Å². The van der Waals surface area contributed by atoms with Crippen LogP contribution in [0.2, 0.25) is 0 Å². The topological polar surface area (TPSA) is 30.5 Å². The molecule has 0 aliphatic carbocycles. The minimum absolute atomic E-state index is 0.676. The second-order valence-electron chi connectivity index (χ2n) is 5.13. The van der Waals surface area contributed by atoms with Crippen LogP contribution in [0.3, 0.4) is 0 Å². The van der Waals surface area contributed by atoms with E-state index >= 15 is 0 Å². The van der Waals surface area contributed by atoms with Crippen molar-refractivity contribution in [2.24, 2.45) is 0 Å². The van der Waals surface area contributed by atoms with Crippen LogP contribution in [0.1, 0.15) is 24.5 Å². The summed E-state index contributed by atoms with van der Waals surface area (Å²) in [4.78, 5) is 0. The first-order chi connectivity index (χ1) is 10.7. The van der Waals surface area contributed by atoms with Crippen molar-refractivity contribution in [1.82, 2.24) is 0 Å². The summed E-state index contributed by atoms with van der Waals surface area (Å²) in [6.07, 6.45) is 0.964. The number of nitrogens with one attached hydrogen (secondary N) is 1. The predicted octanol–water partition coefficient (Wildman–Crippen LogP) is 5.17. The highest BCUT2D eigenvalue weighted by Crippen LogP contribution is 2.37. The number of benzene rings is 2. The Balaban J connectivity index is 2.15. The van der Waals surface area contributed by atoms with E-state index in [1.54, 1.807) is 7.11 Å². The van der Waals surface area contributed by atoms with Crippen LogP contribution in [0.25, 0.3) is 0 Å². The minimum Gasteiger partial charge on any atom is -0.493 e. The molecule has 0 atom stereocenters. The highest BCUT2D eigenvalue weighted by molar-refractivity contribution is 9.10. The fourth-order valence-electron chi connectivity index (χ4n) is 2.19. The lowest BCUT2D eigenvalue weighted by Gasteiger charge is -2.15. The predicted molar refractivity (Wildman–Crippen MR) is 95.0 cm³/mol. The van der Waals surface area contributed by atoms with E-state index in [1.165, 1.54) is 5.56 Å². The van der Waals surface area contributed by atoms with Gasteiger partial charge < -0.3 is 14.8 Å². The van der Waals surface area contributed by atoms with E-state index in [0.717, 1.165) is 40.2 Å². The Kier molecular flexibility index (Phi) is 6.13. The molecule has 2 rings (SSSR count). The Morgan fingerprint density at radius 2 is 1.95 bits per heavy atom. The van der Waals surface area contributed by atoms with Crippen LogP contribution < -0.4 is 14.8 Å². The molecule has 0 amide bonds. The van der Waals surface area contributed by atoms with Crippen LogP contribution in [-0.2, 0) is 6.54 Å². The van der Waals surface area contributed by atoms with Crippen LogP contribution in [0.5, 0.6) is 11.5 Å². The Bertz CT molecular complexity index is 628. The van der Waals surface area contributed by atoms with Crippen LogP contribution >= 0.6 is 15.9 Å². The smallest absolute Gasteiger partial charge is 0.175 e. The molecule has 0 heterocycles. The molecule has 0 aliphatic heterocycles. The summed E-state index contributed by atoms with van der Waals surface area (Å²) in [5, 5.41) is 3.45. The summed E-state index contributed by atoms with van der Waals surface area (Å²) >= 11 is 3.58. The van der Waals surface area contributed by atoms with E-state index < -0.39 is 0 Å². The number of ether oxygens (including phenoxy) is 2. The fraction of sp³-hybridized carbons (Fsp3) is 0.333. The van der Waals surface area contributed by atoms with Gasteiger partial charge in [0.15, 0.2) is 11.5 Å². The van der Waals surface area contributed by atoms with Gasteiger partial charge >= 0.3 is 0 Å². The molecule has 0 saturated heterocycles. The molecule has 0 aliphatic rings. The SMILES string of the molecule is CCCOc1c(Br)cc(CNc2ccccc2C)cc1OC. The van der Waals surface area contributed by atoms with E-state index in [-0.39, 0.29) is 0 Å². The van der Waals surface area contributed by atoms with E-state index in [4.69, 9.17) is 9.47 Å². The normalized spacial score (nSPS) is 10.4. The number of anilines is 1. The molecule has 0 radical (unpaired) electrons. The first-order valence-corrected chi connectivity index (χ1v) is 8.23. The molecule has 2 aromatic rings. The van der Waals surface area contributed by atoms with Gasteiger partial charge in [-0.15, -0.1) is 0 Å². The fourth-order valence-corrected chi connectivity index (χ4v) is 2.79. The molecular weight excluding hydrogens is 342 g/mol.